The highest BCUT2D eigenvalue weighted by Crippen LogP contribution is 2.17. The minimum absolute atomic E-state index is 0.0280. The normalized spacial score (nSPS) is 17.5. The highest BCUT2D eigenvalue weighted by molar-refractivity contribution is 7.80. The van der Waals surface area contributed by atoms with Gasteiger partial charge in [0, 0.05) is 12.6 Å². The van der Waals surface area contributed by atoms with Gasteiger partial charge in [-0.2, -0.15) is 0 Å². The molecule has 1 fully saturated rings. The molecule has 1 saturated carbocycles. The van der Waals surface area contributed by atoms with Crippen LogP contribution in [0.3, 0.4) is 0 Å². The first-order valence-corrected chi connectivity index (χ1v) is 6.89. The first-order chi connectivity index (χ1) is 8.99. The Hall–Kier alpha value is -1.37. The van der Waals surface area contributed by atoms with E-state index in [1.54, 1.807) is 0 Å². The van der Waals surface area contributed by atoms with E-state index in [4.69, 9.17) is 22.4 Å². The molecule has 0 amide bonds. The number of carboxylic acids is 2. The maximum absolute atomic E-state index is 10.9. The predicted molar refractivity (Wildman–Crippen MR) is 74.0 cm³/mol. The Morgan fingerprint density at radius 3 is 2.37 bits per heavy atom. The number of thiocarbonyl (C=S) groups is 1. The second-order valence-electron chi connectivity index (χ2n) is 4.82. The van der Waals surface area contributed by atoms with Crippen molar-refractivity contribution in [2.45, 2.75) is 44.6 Å². The van der Waals surface area contributed by atoms with Crippen LogP contribution in [0.15, 0.2) is 0 Å². The monoisotopic (exact) mass is 288 g/mol. The SMILES string of the molecule is O=C(O)CC(CNC(=S)NC1CCCCC1)C(=O)O. The summed E-state index contributed by atoms with van der Waals surface area (Å²) in [6.45, 7) is 0.0280. The van der Waals surface area contributed by atoms with Crippen LogP contribution in [0.25, 0.3) is 0 Å². The Labute approximate surface area is 117 Å². The van der Waals surface area contributed by atoms with Crippen LogP contribution in [0.1, 0.15) is 38.5 Å². The Morgan fingerprint density at radius 1 is 1.21 bits per heavy atom. The number of carboxylic acid groups (broad SMARTS) is 2. The van der Waals surface area contributed by atoms with Gasteiger partial charge in [-0.3, -0.25) is 9.59 Å². The quantitative estimate of drug-likeness (QED) is 0.540. The molecule has 6 nitrogen and oxygen atoms in total. The minimum atomic E-state index is -1.13. The van der Waals surface area contributed by atoms with Crippen molar-refractivity contribution < 1.29 is 19.8 Å². The van der Waals surface area contributed by atoms with Gasteiger partial charge in [-0.05, 0) is 25.1 Å². The molecule has 0 heterocycles. The molecule has 0 saturated heterocycles. The van der Waals surface area contributed by atoms with Gasteiger partial charge in [-0.1, -0.05) is 19.3 Å². The van der Waals surface area contributed by atoms with Gasteiger partial charge in [-0.25, -0.2) is 0 Å². The summed E-state index contributed by atoms with van der Waals surface area (Å²) < 4.78 is 0. The van der Waals surface area contributed by atoms with Crippen molar-refractivity contribution in [2.24, 2.45) is 5.92 Å². The maximum atomic E-state index is 10.9. The van der Waals surface area contributed by atoms with Crippen molar-refractivity contribution in [3.05, 3.63) is 0 Å². The standard InChI is InChI=1S/C12H20N2O4S/c15-10(16)6-8(11(17)18)7-13-12(19)14-9-4-2-1-3-5-9/h8-9H,1-7H2,(H,15,16)(H,17,18)(H2,13,14,19). The summed E-state index contributed by atoms with van der Waals surface area (Å²) in [6.07, 6.45) is 5.33. The molecule has 0 bridgehead atoms. The molecule has 108 valence electrons. The summed E-state index contributed by atoms with van der Waals surface area (Å²) in [6, 6.07) is 0.344. The summed E-state index contributed by atoms with van der Waals surface area (Å²) in [5, 5.41) is 23.9. The molecule has 0 aliphatic heterocycles. The third-order valence-electron chi connectivity index (χ3n) is 3.22. The van der Waals surface area contributed by atoms with Crippen molar-refractivity contribution in [1.82, 2.24) is 10.6 Å². The second kappa shape index (κ2) is 7.93. The maximum Gasteiger partial charge on any atom is 0.308 e. The molecule has 0 spiro atoms. The van der Waals surface area contributed by atoms with Gasteiger partial charge in [0.1, 0.15) is 0 Å². The summed E-state index contributed by atoms with van der Waals surface area (Å²) in [4.78, 5) is 21.4. The molecule has 4 N–H and O–H groups in total. The van der Waals surface area contributed by atoms with Gasteiger partial charge in [0.05, 0.1) is 12.3 Å². The average Bonchev–Trinajstić information content (AvgIpc) is 2.35. The first kappa shape index (κ1) is 15.7. The third kappa shape index (κ3) is 6.37. The Morgan fingerprint density at radius 2 is 1.84 bits per heavy atom. The van der Waals surface area contributed by atoms with Crippen LogP contribution >= 0.6 is 12.2 Å². The lowest BCUT2D eigenvalue weighted by Gasteiger charge is -2.24. The topological polar surface area (TPSA) is 98.7 Å². The largest absolute Gasteiger partial charge is 0.481 e. The van der Waals surface area contributed by atoms with Crippen molar-refractivity contribution >= 4 is 29.3 Å². The van der Waals surface area contributed by atoms with E-state index >= 15 is 0 Å². The minimum Gasteiger partial charge on any atom is -0.481 e. The lowest BCUT2D eigenvalue weighted by molar-refractivity contribution is -0.148. The number of hydrogen-bond donors (Lipinski definition) is 4. The van der Waals surface area contributed by atoms with E-state index in [1.165, 1.54) is 19.3 Å². The lowest BCUT2D eigenvalue weighted by Crippen LogP contribution is -2.45. The van der Waals surface area contributed by atoms with Crippen LogP contribution in [0.4, 0.5) is 0 Å². The number of rotatable bonds is 6. The van der Waals surface area contributed by atoms with Gasteiger partial charge in [-0.15, -0.1) is 0 Å². The van der Waals surface area contributed by atoms with E-state index in [9.17, 15) is 9.59 Å². The van der Waals surface area contributed by atoms with Crippen LogP contribution in [0, 0.1) is 5.92 Å². The summed E-state index contributed by atoms with van der Waals surface area (Å²) in [7, 11) is 0. The molecule has 1 atom stereocenters. The molecule has 19 heavy (non-hydrogen) atoms. The van der Waals surface area contributed by atoms with Gasteiger partial charge in [0.15, 0.2) is 5.11 Å². The Balaban J connectivity index is 2.30. The van der Waals surface area contributed by atoms with E-state index < -0.39 is 24.3 Å². The van der Waals surface area contributed by atoms with Crippen molar-refractivity contribution in [3.63, 3.8) is 0 Å². The van der Waals surface area contributed by atoms with E-state index in [-0.39, 0.29) is 6.54 Å². The fourth-order valence-electron chi connectivity index (χ4n) is 2.16. The first-order valence-electron chi connectivity index (χ1n) is 6.48. The predicted octanol–water partition coefficient (Wildman–Crippen LogP) is 0.959. The highest BCUT2D eigenvalue weighted by atomic mass is 32.1. The molecule has 0 aromatic heterocycles. The molecular formula is C12H20N2O4S. The zero-order chi connectivity index (χ0) is 14.3. The zero-order valence-electron chi connectivity index (χ0n) is 10.7. The highest BCUT2D eigenvalue weighted by Gasteiger charge is 2.21. The van der Waals surface area contributed by atoms with Crippen molar-refractivity contribution in [1.29, 1.82) is 0 Å². The molecule has 1 rings (SSSR count). The number of carbonyl (C=O) groups is 2. The fourth-order valence-corrected chi connectivity index (χ4v) is 2.41. The van der Waals surface area contributed by atoms with Crippen molar-refractivity contribution in [3.8, 4) is 0 Å². The van der Waals surface area contributed by atoms with E-state index in [2.05, 4.69) is 10.6 Å². The molecule has 1 aliphatic rings. The van der Waals surface area contributed by atoms with E-state index in [0.717, 1.165) is 12.8 Å². The molecule has 1 aliphatic carbocycles. The molecule has 7 heteroatoms. The lowest BCUT2D eigenvalue weighted by atomic mass is 9.96. The van der Waals surface area contributed by atoms with Crippen LogP contribution in [-0.2, 0) is 9.59 Å². The number of nitrogens with one attached hydrogen (secondary N) is 2. The zero-order valence-corrected chi connectivity index (χ0v) is 11.5. The van der Waals surface area contributed by atoms with Crippen molar-refractivity contribution in [2.75, 3.05) is 6.54 Å². The second-order valence-corrected chi connectivity index (χ2v) is 5.23. The van der Waals surface area contributed by atoms with Crippen LogP contribution in [0.5, 0.6) is 0 Å². The van der Waals surface area contributed by atoms with Crippen LogP contribution < -0.4 is 10.6 Å². The van der Waals surface area contributed by atoms with Gasteiger partial charge >= 0.3 is 11.9 Å². The molecular weight excluding hydrogens is 268 g/mol. The smallest absolute Gasteiger partial charge is 0.308 e. The average molecular weight is 288 g/mol. The summed E-state index contributed by atoms with van der Waals surface area (Å²) >= 11 is 5.09. The molecule has 0 radical (unpaired) electrons. The summed E-state index contributed by atoms with van der Waals surface area (Å²) in [5.74, 6) is -3.22. The summed E-state index contributed by atoms with van der Waals surface area (Å²) in [5.41, 5.74) is 0. The van der Waals surface area contributed by atoms with Crippen LogP contribution in [-0.4, -0.2) is 39.9 Å². The van der Waals surface area contributed by atoms with E-state index in [0.29, 0.717) is 11.2 Å². The van der Waals surface area contributed by atoms with Gasteiger partial charge < -0.3 is 20.8 Å². The number of hydrogen-bond acceptors (Lipinski definition) is 3. The van der Waals surface area contributed by atoms with E-state index in [1.807, 2.05) is 0 Å². The Kier molecular flexibility index (Phi) is 6.55. The van der Waals surface area contributed by atoms with Gasteiger partial charge in [0.2, 0.25) is 0 Å². The van der Waals surface area contributed by atoms with Gasteiger partial charge in [0.25, 0.3) is 0 Å². The fraction of sp³-hybridized carbons (Fsp3) is 0.750. The number of aliphatic carboxylic acids is 2. The molecule has 0 aromatic rings. The molecule has 1 unspecified atom stereocenters. The third-order valence-corrected chi connectivity index (χ3v) is 3.48. The molecule has 0 aromatic carbocycles. The van der Waals surface area contributed by atoms with Crippen LogP contribution in [0.2, 0.25) is 0 Å². The Bertz CT molecular complexity index is 343.